The molecule has 0 unspecified atom stereocenters. The molecule has 25 heavy (non-hydrogen) atoms. The summed E-state index contributed by atoms with van der Waals surface area (Å²) in [5.74, 6) is -0.120. The van der Waals surface area contributed by atoms with Crippen molar-refractivity contribution in [1.82, 2.24) is 15.5 Å². The van der Waals surface area contributed by atoms with Crippen molar-refractivity contribution in [3.8, 4) is 10.6 Å². The summed E-state index contributed by atoms with van der Waals surface area (Å²) in [4.78, 5) is 14.9. The van der Waals surface area contributed by atoms with Crippen molar-refractivity contribution in [2.75, 3.05) is 19.8 Å². The number of nitrogens with zero attached hydrogens (tertiary/aromatic N) is 1. The largest absolute Gasteiger partial charge is 0.381 e. The molecule has 2 N–H and O–H groups in total. The van der Waals surface area contributed by atoms with E-state index in [1.807, 2.05) is 12.1 Å². The molecule has 2 aromatic rings. The Hall–Kier alpha value is -1.70. The van der Waals surface area contributed by atoms with Crippen LogP contribution in [-0.2, 0) is 9.47 Å². The Kier molecular flexibility index (Phi) is 4.62. The molecule has 0 radical (unpaired) electrons. The van der Waals surface area contributed by atoms with E-state index in [9.17, 15) is 4.79 Å². The molecule has 1 spiro atoms. The number of hydrogen-bond donors (Lipinski definition) is 2. The Morgan fingerprint density at radius 2 is 2.20 bits per heavy atom. The molecule has 2 aliphatic heterocycles. The lowest BCUT2D eigenvalue weighted by Gasteiger charge is -2.43. The van der Waals surface area contributed by atoms with E-state index in [0.29, 0.717) is 12.3 Å². The average Bonchev–Trinajstić information content (AvgIpc) is 3.24. The van der Waals surface area contributed by atoms with E-state index in [2.05, 4.69) is 28.5 Å². The number of aromatic amines is 1. The van der Waals surface area contributed by atoms with Gasteiger partial charge in [0.05, 0.1) is 16.2 Å². The molecule has 2 saturated heterocycles. The quantitative estimate of drug-likeness (QED) is 0.881. The van der Waals surface area contributed by atoms with Crippen LogP contribution in [0.5, 0.6) is 0 Å². The Morgan fingerprint density at radius 3 is 2.96 bits per heavy atom. The summed E-state index contributed by atoms with van der Waals surface area (Å²) in [6.45, 7) is 4.23. The predicted octanol–water partition coefficient (Wildman–Crippen LogP) is 2.90. The smallest absolute Gasteiger partial charge is 0.272 e. The molecular weight excluding hydrogens is 338 g/mol. The van der Waals surface area contributed by atoms with Gasteiger partial charge < -0.3 is 14.8 Å². The van der Waals surface area contributed by atoms with Gasteiger partial charge in [-0.15, -0.1) is 11.3 Å². The highest BCUT2D eigenvalue weighted by atomic mass is 32.1. The number of carbonyl (C=O) groups is 1. The van der Waals surface area contributed by atoms with E-state index in [0.717, 1.165) is 49.5 Å². The van der Waals surface area contributed by atoms with Gasteiger partial charge in [-0.25, -0.2) is 0 Å². The zero-order valence-electron chi connectivity index (χ0n) is 14.3. The zero-order valence-corrected chi connectivity index (χ0v) is 15.2. The van der Waals surface area contributed by atoms with Gasteiger partial charge in [-0.2, -0.15) is 5.10 Å². The van der Waals surface area contributed by atoms with Crippen LogP contribution >= 0.6 is 11.3 Å². The highest BCUT2D eigenvalue weighted by molar-refractivity contribution is 7.15. The van der Waals surface area contributed by atoms with Crippen molar-refractivity contribution < 1.29 is 14.3 Å². The molecule has 4 rings (SSSR count). The predicted molar refractivity (Wildman–Crippen MR) is 95.9 cm³/mol. The summed E-state index contributed by atoms with van der Waals surface area (Å²) in [7, 11) is 0. The highest BCUT2D eigenvalue weighted by Gasteiger charge is 2.39. The van der Waals surface area contributed by atoms with Gasteiger partial charge in [0, 0.05) is 30.7 Å². The Morgan fingerprint density at radius 1 is 1.36 bits per heavy atom. The fraction of sp³-hybridized carbons (Fsp3) is 0.556. The van der Waals surface area contributed by atoms with E-state index < -0.39 is 0 Å². The van der Waals surface area contributed by atoms with Gasteiger partial charge in [0.2, 0.25) is 0 Å². The molecule has 0 saturated carbocycles. The van der Waals surface area contributed by atoms with Gasteiger partial charge >= 0.3 is 0 Å². The number of carbonyl (C=O) groups excluding carboxylic acids is 1. The molecule has 2 aromatic heterocycles. The van der Waals surface area contributed by atoms with Gasteiger partial charge in [-0.1, -0.05) is 0 Å². The van der Waals surface area contributed by atoms with Crippen molar-refractivity contribution in [3.63, 3.8) is 0 Å². The second-order valence-electron chi connectivity index (χ2n) is 6.88. The van der Waals surface area contributed by atoms with Crippen LogP contribution in [0.15, 0.2) is 18.2 Å². The maximum Gasteiger partial charge on any atom is 0.272 e. The molecule has 0 bridgehead atoms. The molecule has 0 aliphatic carbocycles. The maximum atomic E-state index is 12.6. The first-order valence-electron chi connectivity index (χ1n) is 8.78. The highest BCUT2D eigenvalue weighted by Crippen LogP contribution is 2.34. The fourth-order valence-electron chi connectivity index (χ4n) is 3.65. The number of aryl methyl sites for hydroxylation is 1. The normalized spacial score (nSPS) is 22.8. The van der Waals surface area contributed by atoms with Crippen LogP contribution in [0.25, 0.3) is 10.6 Å². The summed E-state index contributed by atoms with van der Waals surface area (Å²) in [6, 6.07) is 6.06. The van der Waals surface area contributed by atoms with Crippen LogP contribution in [0.2, 0.25) is 0 Å². The number of H-pyrrole nitrogens is 1. The fourth-order valence-corrected chi connectivity index (χ4v) is 4.48. The number of rotatable bonds is 3. The van der Waals surface area contributed by atoms with Gasteiger partial charge in [-0.05, 0) is 50.8 Å². The number of ether oxygens (including phenoxy) is 2. The first-order valence-corrected chi connectivity index (χ1v) is 9.60. The van der Waals surface area contributed by atoms with E-state index in [-0.39, 0.29) is 17.6 Å². The van der Waals surface area contributed by atoms with E-state index in [1.165, 1.54) is 4.88 Å². The van der Waals surface area contributed by atoms with Crippen LogP contribution in [0.1, 0.15) is 41.0 Å². The Bertz CT molecular complexity index is 743. The SMILES string of the molecule is Cc1ccc(-c2cc(C(=O)N[C@H]3CCOC4(CCOCC4)C3)n[nH]2)s1. The summed E-state index contributed by atoms with van der Waals surface area (Å²) in [5.41, 5.74) is 1.20. The molecule has 134 valence electrons. The second kappa shape index (κ2) is 6.90. The standard InChI is InChI=1S/C18H23N3O3S/c1-12-2-3-16(25-12)14-10-15(21-20-14)17(22)19-13-4-7-24-18(11-13)5-8-23-9-6-18/h2-3,10,13H,4-9,11H2,1H3,(H,19,22)(H,20,21)/t13-/m0/s1. The van der Waals surface area contributed by atoms with Crippen LogP contribution in [0.3, 0.4) is 0 Å². The Balaban J connectivity index is 1.41. The van der Waals surface area contributed by atoms with Crippen molar-refractivity contribution in [3.05, 3.63) is 28.8 Å². The summed E-state index contributed by atoms with van der Waals surface area (Å²) in [6.07, 6.45) is 3.51. The lowest BCUT2D eigenvalue weighted by atomic mass is 9.84. The first kappa shape index (κ1) is 16.8. The topological polar surface area (TPSA) is 76.2 Å². The maximum absolute atomic E-state index is 12.6. The van der Waals surface area contributed by atoms with E-state index in [4.69, 9.17) is 9.47 Å². The third-order valence-electron chi connectivity index (χ3n) is 5.05. The van der Waals surface area contributed by atoms with Gasteiger partial charge in [0.1, 0.15) is 0 Å². The van der Waals surface area contributed by atoms with Crippen LogP contribution in [0.4, 0.5) is 0 Å². The van der Waals surface area contributed by atoms with E-state index in [1.54, 1.807) is 11.3 Å². The second-order valence-corrected chi connectivity index (χ2v) is 8.17. The van der Waals surface area contributed by atoms with Crippen LogP contribution in [0, 0.1) is 6.92 Å². The van der Waals surface area contributed by atoms with Gasteiger partial charge in [0.15, 0.2) is 5.69 Å². The Labute approximate surface area is 150 Å². The van der Waals surface area contributed by atoms with Crippen LogP contribution in [-0.4, -0.2) is 47.6 Å². The van der Waals surface area contributed by atoms with Gasteiger partial charge in [0.25, 0.3) is 5.91 Å². The number of nitrogens with one attached hydrogen (secondary N) is 2. The average molecular weight is 361 g/mol. The van der Waals surface area contributed by atoms with Gasteiger partial charge in [-0.3, -0.25) is 9.89 Å². The summed E-state index contributed by atoms with van der Waals surface area (Å²) < 4.78 is 11.5. The van der Waals surface area contributed by atoms with E-state index >= 15 is 0 Å². The number of aromatic nitrogens is 2. The van der Waals surface area contributed by atoms with Crippen molar-refractivity contribution in [2.45, 2.75) is 44.2 Å². The molecule has 6 nitrogen and oxygen atoms in total. The number of thiophene rings is 1. The van der Waals surface area contributed by atoms with Crippen molar-refractivity contribution in [2.24, 2.45) is 0 Å². The van der Waals surface area contributed by atoms with Crippen LogP contribution < -0.4 is 5.32 Å². The monoisotopic (exact) mass is 361 g/mol. The lowest BCUT2D eigenvalue weighted by Crippen LogP contribution is -2.51. The molecule has 7 heteroatoms. The minimum absolute atomic E-state index is 0.120. The minimum Gasteiger partial charge on any atom is -0.381 e. The lowest BCUT2D eigenvalue weighted by molar-refractivity contribution is -0.139. The molecule has 2 aliphatic rings. The first-order chi connectivity index (χ1) is 12.1. The minimum atomic E-state index is -0.125. The molecule has 1 amide bonds. The molecule has 2 fully saturated rings. The summed E-state index contributed by atoms with van der Waals surface area (Å²) >= 11 is 1.68. The third-order valence-corrected chi connectivity index (χ3v) is 6.08. The van der Waals surface area contributed by atoms with Crippen molar-refractivity contribution in [1.29, 1.82) is 0 Å². The summed E-state index contributed by atoms with van der Waals surface area (Å²) in [5, 5.41) is 10.3. The van der Waals surface area contributed by atoms with Crippen molar-refractivity contribution >= 4 is 17.2 Å². The molecular formula is C18H23N3O3S. The number of amides is 1. The third kappa shape index (κ3) is 3.63. The molecule has 4 heterocycles. The number of hydrogen-bond acceptors (Lipinski definition) is 5. The zero-order chi connectivity index (χ0) is 17.3. The molecule has 0 aromatic carbocycles. The molecule has 1 atom stereocenters.